The number of aromatic hydroxyl groups is 1. The Hall–Kier alpha value is -7.60. The number of phenols is 1. The molecule has 63 heavy (non-hydrogen) atoms. The van der Waals surface area contributed by atoms with Crippen LogP contribution in [-0.2, 0) is 40.6 Å². The van der Waals surface area contributed by atoms with Gasteiger partial charge in [-0.3, -0.25) is 19.3 Å². The number of nitrogens with one attached hydrogen (secondary N) is 1. The summed E-state index contributed by atoms with van der Waals surface area (Å²) in [6, 6.07) is 34.3. The Morgan fingerprint density at radius 1 is 0.889 bits per heavy atom. The number of carbonyl (C=O) groups is 4. The second kappa shape index (κ2) is 17.0. The van der Waals surface area contributed by atoms with E-state index < -0.39 is 59.4 Å². The number of fused-ring (bicyclic) bond motifs is 4. The van der Waals surface area contributed by atoms with Crippen LogP contribution in [0.2, 0.25) is 0 Å². The second-order valence-corrected chi connectivity index (χ2v) is 15.4. The molecule has 14 nitrogen and oxygen atoms in total. The maximum absolute atomic E-state index is 16.1. The molecule has 6 atom stereocenters. The van der Waals surface area contributed by atoms with Crippen LogP contribution in [0.4, 0.5) is 10.5 Å². The van der Waals surface area contributed by atoms with E-state index in [-0.39, 0.29) is 43.3 Å². The van der Waals surface area contributed by atoms with E-state index in [1.807, 2.05) is 89.8 Å². The molecule has 1 aromatic heterocycles. The van der Waals surface area contributed by atoms with Crippen LogP contribution in [-0.4, -0.2) is 81.8 Å². The highest BCUT2D eigenvalue weighted by Gasteiger charge is 2.75. The first-order valence-electron chi connectivity index (χ1n) is 20.4. The third-order valence-corrected chi connectivity index (χ3v) is 11.9. The Bertz CT molecular complexity index is 2790. The van der Waals surface area contributed by atoms with Gasteiger partial charge in [0.1, 0.15) is 42.0 Å². The Kier molecular flexibility index (Phi) is 11.0. The van der Waals surface area contributed by atoms with Crippen molar-refractivity contribution in [1.82, 2.24) is 25.2 Å². The zero-order valence-electron chi connectivity index (χ0n) is 34.2. The molecule has 0 radical (unpaired) electrons. The van der Waals surface area contributed by atoms with Gasteiger partial charge in [-0.2, -0.15) is 0 Å². The molecule has 3 aliphatic heterocycles. The first-order valence-corrected chi connectivity index (χ1v) is 20.4. The zero-order chi connectivity index (χ0) is 43.7. The number of carbonyl (C=O) groups excluding carboxylic acids is 4. The maximum Gasteiger partial charge on any atom is 0.421 e. The van der Waals surface area contributed by atoms with Gasteiger partial charge >= 0.3 is 12.1 Å². The van der Waals surface area contributed by atoms with Gasteiger partial charge in [-0.05, 0) is 64.7 Å². The molecule has 1 spiro atoms. The third kappa shape index (κ3) is 6.97. The van der Waals surface area contributed by atoms with Gasteiger partial charge in [0.2, 0.25) is 11.8 Å². The average Bonchev–Trinajstić information content (AvgIpc) is 3.95. The van der Waals surface area contributed by atoms with Crippen LogP contribution in [0.25, 0.3) is 11.0 Å². The summed E-state index contributed by atoms with van der Waals surface area (Å²) in [5, 5.41) is 22.0. The minimum absolute atomic E-state index is 0.0120. The number of hydrogen-bond acceptors (Lipinski definition) is 11. The molecule has 3 aliphatic rings. The summed E-state index contributed by atoms with van der Waals surface area (Å²) < 4.78 is 18.9. The van der Waals surface area contributed by atoms with Crippen molar-refractivity contribution < 1.29 is 38.5 Å². The smallest absolute Gasteiger partial charge is 0.421 e. The summed E-state index contributed by atoms with van der Waals surface area (Å²) in [7, 11) is 1.46. The summed E-state index contributed by atoms with van der Waals surface area (Å²) in [4.78, 5) is 63.4. The molecule has 0 saturated carbocycles. The number of morpholine rings is 1. The topological polar surface area (TPSA) is 165 Å². The number of benzene rings is 5. The molecule has 9 rings (SSSR count). The van der Waals surface area contributed by atoms with Gasteiger partial charge in [-0.15, -0.1) is 11.7 Å². The molecule has 6 aromatic rings. The highest BCUT2D eigenvalue weighted by molar-refractivity contribution is 6.23. The number of phenolic OH excluding ortho intramolecular Hbond substituents is 1. The van der Waals surface area contributed by atoms with E-state index in [0.29, 0.717) is 16.7 Å². The van der Waals surface area contributed by atoms with E-state index in [2.05, 4.69) is 34.0 Å². The van der Waals surface area contributed by atoms with Gasteiger partial charge in [-0.25, -0.2) is 14.4 Å². The van der Waals surface area contributed by atoms with Gasteiger partial charge in [-0.1, -0.05) is 108 Å². The Morgan fingerprint density at radius 3 is 2.33 bits per heavy atom. The average molecular weight is 843 g/mol. The molecule has 4 heterocycles. The van der Waals surface area contributed by atoms with Crippen molar-refractivity contribution in [2.45, 2.75) is 36.2 Å². The fraction of sp³-hybridized carbons (Fsp3) is 0.224. The molecule has 2 saturated heterocycles. The summed E-state index contributed by atoms with van der Waals surface area (Å²) >= 11 is 0. The monoisotopic (exact) mass is 842 g/mol. The lowest BCUT2D eigenvalue weighted by molar-refractivity contribution is -0.178. The van der Waals surface area contributed by atoms with Crippen LogP contribution >= 0.6 is 0 Å². The zero-order valence-corrected chi connectivity index (χ0v) is 34.2. The third-order valence-electron chi connectivity index (χ3n) is 11.9. The number of cyclic esters (lactones) is 1. The number of ether oxygens (including phenoxy) is 3. The first-order chi connectivity index (χ1) is 30.8. The quantitative estimate of drug-likeness (QED) is 0.0726. The summed E-state index contributed by atoms with van der Waals surface area (Å²) in [5.74, 6) is 2.67. The lowest BCUT2D eigenvalue weighted by atomic mass is 9.65. The van der Waals surface area contributed by atoms with Gasteiger partial charge in [0, 0.05) is 19.2 Å². The van der Waals surface area contributed by atoms with Crippen molar-refractivity contribution in [2.24, 2.45) is 5.92 Å². The standard InChI is InChI=1S/C49H42N6O8/c1-3-26-50-45(57)40-42-46(58)63-43(33-16-8-5-9-17-33)41(32-14-6-4-7-15-32)55(42)44(34-21-23-35(56)24-22-34)49(40)36-30-31(13-12-27-53-39-19-11-10-18-37(39)51-52-53)20-25-38(36)54(47(49)59)48(60)62-29-28-61-2/h3-11,14-25,30,40-44,56H,1,26-29H2,2H3,(H,50,57)/t40-,41-,42-,43+,44+,49-/m0/s1. The fourth-order valence-electron chi connectivity index (χ4n) is 9.43. The van der Waals surface area contributed by atoms with Crippen molar-refractivity contribution in [3.8, 4) is 17.6 Å². The van der Waals surface area contributed by atoms with Crippen molar-refractivity contribution in [3.05, 3.63) is 168 Å². The molecule has 316 valence electrons. The summed E-state index contributed by atoms with van der Waals surface area (Å²) in [6.07, 6.45) is -0.390. The van der Waals surface area contributed by atoms with Crippen LogP contribution in [0.15, 0.2) is 140 Å². The van der Waals surface area contributed by atoms with E-state index >= 15 is 14.4 Å². The lowest BCUT2D eigenvalue weighted by Gasteiger charge is -2.46. The van der Waals surface area contributed by atoms with Crippen molar-refractivity contribution >= 4 is 40.6 Å². The number of para-hydroxylation sites is 1. The molecule has 5 aromatic carbocycles. The normalized spacial score (nSPS) is 22.5. The second-order valence-electron chi connectivity index (χ2n) is 15.4. The van der Waals surface area contributed by atoms with E-state index in [1.165, 1.54) is 25.3 Å². The number of hydrogen-bond donors (Lipinski definition) is 2. The minimum atomic E-state index is -2.01. The van der Waals surface area contributed by atoms with Gasteiger partial charge < -0.3 is 24.6 Å². The number of aromatic nitrogens is 3. The van der Waals surface area contributed by atoms with E-state index in [0.717, 1.165) is 21.5 Å². The molecule has 2 N–H and O–H groups in total. The summed E-state index contributed by atoms with van der Waals surface area (Å²) in [5.41, 5.74) is 2.32. The molecule has 14 heteroatoms. The van der Waals surface area contributed by atoms with Gasteiger partial charge in [0.05, 0.1) is 35.8 Å². The lowest BCUT2D eigenvalue weighted by Crippen LogP contribution is -2.55. The minimum Gasteiger partial charge on any atom is -0.508 e. The predicted molar refractivity (Wildman–Crippen MR) is 231 cm³/mol. The highest BCUT2D eigenvalue weighted by atomic mass is 16.6. The van der Waals surface area contributed by atoms with Crippen LogP contribution in [0, 0.1) is 17.8 Å². The van der Waals surface area contributed by atoms with Crippen LogP contribution in [0.3, 0.4) is 0 Å². The molecule has 0 unspecified atom stereocenters. The van der Waals surface area contributed by atoms with Crippen molar-refractivity contribution in [2.75, 3.05) is 31.8 Å². The van der Waals surface area contributed by atoms with Gasteiger partial charge in [0.15, 0.2) is 0 Å². The number of esters is 1. The number of anilines is 1. The van der Waals surface area contributed by atoms with Crippen molar-refractivity contribution in [3.63, 3.8) is 0 Å². The van der Waals surface area contributed by atoms with Crippen molar-refractivity contribution in [1.29, 1.82) is 0 Å². The number of amides is 3. The summed E-state index contributed by atoms with van der Waals surface area (Å²) in [6.45, 7) is 3.89. The number of methoxy groups -OCH3 is 1. The number of nitrogens with zero attached hydrogens (tertiary/aromatic N) is 5. The van der Waals surface area contributed by atoms with Crippen LogP contribution in [0.1, 0.15) is 46.0 Å². The molecule has 0 bridgehead atoms. The SMILES string of the molecule is C=CCNC(=O)[C@@H]1[C@H]2C(=O)O[C@H](c3ccccc3)[C@H](c3ccccc3)N2[C@H](c2ccc(O)cc2)[C@@]12C(=O)N(C(=O)OCCOC)c1ccc(C#CCn3nnc4ccccc43)cc12. The van der Waals surface area contributed by atoms with E-state index in [1.54, 1.807) is 35.0 Å². The largest absolute Gasteiger partial charge is 0.508 e. The predicted octanol–water partition coefficient (Wildman–Crippen LogP) is 5.94. The fourth-order valence-corrected chi connectivity index (χ4v) is 9.43. The first kappa shape index (κ1) is 40.8. The Morgan fingerprint density at radius 2 is 1.60 bits per heavy atom. The molecule has 0 aliphatic carbocycles. The van der Waals surface area contributed by atoms with Gasteiger partial charge in [0.25, 0.3) is 0 Å². The van der Waals surface area contributed by atoms with Crippen LogP contribution < -0.4 is 10.2 Å². The highest BCUT2D eigenvalue weighted by Crippen LogP contribution is 2.66. The molecular weight excluding hydrogens is 801 g/mol. The molecular formula is C49H42N6O8. The molecule has 2 fully saturated rings. The maximum atomic E-state index is 16.1. The number of imide groups is 1. The van der Waals surface area contributed by atoms with E-state index in [4.69, 9.17) is 14.2 Å². The number of rotatable bonds is 10. The van der Waals surface area contributed by atoms with Crippen LogP contribution in [0.5, 0.6) is 5.75 Å². The Labute approximate surface area is 362 Å². The Balaban J connectivity index is 1.31. The molecule has 3 amide bonds. The van der Waals surface area contributed by atoms with E-state index in [9.17, 15) is 9.90 Å².